The monoisotopic (exact) mass is 468 g/mol. The van der Waals surface area contributed by atoms with Gasteiger partial charge in [-0.15, -0.1) is 0 Å². The maximum Gasteiger partial charge on any atom is 0.240 e. The summed E-state index contributed by atoms with van der Waals surface area (Å²) in [7, 11) is 1.58. The predicted octanol–water partition coefficient (Wildman–Crippen LogP) is 5.30. The van der Waals surface area contributed by atoms with E-state index in [2.05, 4.69) is 10.6 Å². The standard InChI is InChI=1S/C26H29ClN2O4/c1-26(2,29-18-32-17-20-7-5-4-6-8-20)25(30)28-16-19-9-11-21(12-10-19)33-24-14-13-22(31-3)15-23(24)27/h4-15,29H,16-18H2,1-3H3,(H,28,30). The molecule has 0 aliphatic rings. The molecule has 0 unspecified atom stereocenters. The Bertz CT molecular complexity index is 1040. The van der Waals surface area contributed by atoms with Gasteiger partial charge in [0, 0.05) is 12.6 Å². The number of carbonyl (C=O) groups is 1. The normalized spacial score (nSPS) is 11.2. The zero-order chi connectivity index (χ0) is 23.7. The van der Waals surface area contributed by atoms with E-state index in [1.54, 1.807) is 25.3 Å². The number of benzene rings is 3. The van der Waals surface area contributed by atoms with Gasteiger partial charge < -0.3 is 19.5 Å². The third kappa shape index (κ3) is 7.49. The molecule has 3 aromatic rings. The molecule has 3 aromatic carbocycles. The van der Waals surface area contributed by atoms with Gasteiger partial charge in [0.05, 0.1) is 31.0 Å². The Morgan fingerprint density at radius 2 is 1.64 bits per heavy atom. The van der Waals surface area contributed by atoms with Gasteiger partial charge in [-0.1, -0.05) is 54.1 Å². The summed E-state index contributed by atoms with van der Waals surface area (Å²) in [4.78, 5) is 12.6. The maximum atomic E-state index is 12.6. The van der Waals surface area contributed by atoms with Crippen molar-refractivity contribution in [2.45, 2.75) is 32.5 Å². The summed E-state index contributed by atoms with van der Waals surface area (Å²) in [5.74, 6) is 1.74. The van der Waals surface area contributed by atoms with Crippen molar-refractivity contribution in [3.63, 3.8) is 0 Å². The van der Waals surface area contributed by atoms with Crippen LogP contribution in [0.25, 0.3) is 0 Å². The highest BCUT2D eigenvalue weighted by Crippen LogP contribution is 2.32. The molecule has 174 valence electrons. The molecule has 1 amide bonds. The minimum absolute atomic E-state index is 0.115. The molecule has 0 heterocycles. The average molecular weight is 469 g/mol. The van der Waals surface area contributed by atoms with Crippen molar-refractivity contribution in [3.8, 4) is 17.2 Å². The molecule has 0 bridgehead atoms. The number of hydrogen-bond acceptors (Lipinski definition) is 5. The van der Waals surface area contributed by atoms with Crippen molar-refractivity contribution in [1.82, 2.24) is 10.6 Å². The van der Waals surface area contributed by atoms with Crippen LogP contribution in [0.4, 0.5) is 0 Å². The summed E-state index contributed by atoms with van der Waals surface area (Å²) in [6.07, 6.45) is 0. The molecule has 0 aliphatic carbocycles. The van der Waals surface area contributed by atoms with E-state index in [0.29, 0.717) is 35.4 Å². The van der Waals surface area contributed by atoms with Crippen LogP contribution in [0, 0.1) is 0 Å². The van der Waals surface area contributed by atoms with E-state index in [-0.39, 0.29) is 12.6 Å². The summed E-state index contributed by atoms with van der Waals surface area (Å²) in [5.41, 5.74) is 1.26. The fraction of sp³-hybridized carbons (Fsp3) is 0.269. The smallest absolute Gasteiger partial charge is 0.240 e. The van der Waals surface area contributed by atoms with Gasteiger partial charge in [0.25, 0.3) is 0 Å². The molecule has 3 rings (SSSR count). The van der Waals surface area contributed by atoms with Crippen LogP contribution in [-0.4, -0.2) is 25.3 Å². The first-order valence-corrected chi connectivity index (χ1v) is 11.0. The maximum absolute atomic E-state index is 12.6. The minimum atomic E-state index is -0.773. The topological polar surface area (TPSA) is 68.8 Å². The van der Waals surface area contributed by atoms with E-state index in [4.69, 9.17) is 25.8 Å². The summed E-state index contributed by atoms with van der Waals surface area (Å²) >= 11 is 6.23. The number of nitrogens with one attached hydrogen (secondary N) is 2. The minimum Gasteiger partial charge on any atom is -0.497 e. The van der Waals surface area contributed by atoms with Gasteiger partial charge in [0.15, 0.2) is 0 Å². The zero-order valence-electron chi connectivity index (χ0n) is 19.1. The first-order chi connectivity index (χ1) is 15.9. The van der Waals surface area contributed by atoms with Gasteiger partial charge in [0.2, 0.25) is 5.91 Å². The molecular weight excluding hydrogens is 440 g/mol. The quantitative estimate of drug-likeness (QED) is 0.295. The van der Waals surface area contributed by atoms with Gasteiger partial charge in [-0.2, -0.15) is 0 Å². The van der Waals surface area contributed by atoms with E-state index in [0.717, 1.165) is 11.1 Å². The first-order valence-electron chi connectivity index (χ1n) is 10.6. The van der Waals surface area contributed by atoms with Gasteiger partial charge in [-0.3, -0.25) is 10.1 Å². The molecule has 2 N–H and O–H groups in total. The predicted molar refractivity (Wildman–Crippen MR) is 130 cm³/mol. The zero-order valence-corrected chi connectivity index (χ0v) is 19.8. The molecule has 6 nitrogen and oxygen atoms in total. The third-order valence-electron chi connectivity index (χ3n) is 5.04. The summed E-state index contributed by atoms with van der Waals surface area (Å²) in [5, 5.41) is 6.56. The van der Waals surface area contributed by atoms with Crippen molar-refractivity contribution in [3.05, 3.63) is 88.9 Å². The van der Waals surface area contributed by atoms with Crippen LogP contribution in [0.3, 0.4) is 0 Å². The highest BCUT2D eigenvalue weighted by Gasteiger charge is 2.26. The third-order valence-corrected chi connectivity index (χ3v) is 5.33. The molecule has 0 spiro atoms. The second-order valence-corrected chi connectivity index (χ2v) is 8.41. The molecule has 33 heavy (non-hydrogen) atoms. The number of carbonyl (C=O) groups excluding carboxylic acids is 1. The lowest BCUT2D eigenvalue weighted by atomic mass is 10.0. The van der Waals surface area contributed by atoms with Crippen LogP contribution < -0.4 is 20.1 Å². The number of methoxy groups -OCH3 is 1. The van der Waals surface area contributed by atoms with E-state index in [1.807, 2.05) is 68.4 Å². The summed E-state index contributed by atoms with van der Waals surface area (Å²) in [6.45, 7) is 4.81. The lowest BCUT2D eigenvalue weighted by molar-refractivity contribution is -0.127. The largest absolute Gasteiger partial charge is 0.497 e. The second-order valence-electron chi connectivity index (χ2n) is 8.01. The van der Waals surface area contributed by atoms with Crippen molar-refractivity contribution in [2.24, 2.45) is 0 Å². The van der Waals surface area contributed by atoms with Crippen LogP contribution in [0.15, 0.2) is 72.8 Å². The Morgan fingerprint density at radius 1 is 0.939 bits per heavy atom. The Hall–Kier alpha value is -3.06. The highest BCUT2D eigenvalue weighted by atomic mass is 35.5. The molecule has 0 saturated carbocycles. The Kier molecular flexibility index (Phi) is 8.72. The van der Waals surface area contributed by atoms with Crippen LogP contribution in [0.1, 0.15) is 25.0 Å². The van der Waals surface area contributed by atoms with Crippen LogP contribution in [-0.2, 0) is 22.7 Å². The molecule has 0 fully saturated rings. The summed E-state index contributed by atoms with van der Waals surface area (Å²) < 4.78 is 16.6. The van der Waals surface area contributed by atoms with Gasteiger partial charge >= 0.3 is 0 Å². The van der Waals surface area contributed by atoms with Crippen molar-refractivity contribution in [2.75, 3.05) is 13.8 Å². The van der Waals surface area contributed by atoms with E-state index in [1.165, 1.54) is 0 Å². The average Bonchev–Trinajstić information content (AvgIpc) is 2.83. The first kappa shape index (κ1) is 24.6. The number of halogens is 1. The van der Waals surface area contributed by atoms with Crippen molar-refractivity contribution < 1.29 is 19.0 Å². The Balaban J connectivity index is 1.44. The lowest BCUT2D eigenvalue weighted by Crippen LogP contribution is -2.53. The number of hydrogen-bond donors (Lipinski definition) is 2. The van der Waals surface area contributed by atoms with Crippen molar-refractivity contribution >= 4 is 17.5 Å². The Labute approximate surface area is 199 Å². The van der Waals surface area contributed by atoms with Gasteiger partial charge in [0.1, 0.15) is 17.2 Å². The fourth-order valence-corrected chi connectivity index (χ4v) is 3.16. The lowest BCUT2D eigenvalue weighted by Gasteiger charge is -2.25. The molecule has 0 radical (unpaired) electrons. The fourth-order valence-electron chi connectivity index (χ4n) is 2.95. The van der Waals surface area contributed by atoms with Crippen LogP contribution in [0.2, 0.25) is 5.02 Å². The number of amides is 1. The summed E-state index contributed by atoms with van der Waals surface area (Å²) in [6, 6.07) is 22.6. The second kappa shape index (κ2) is 11.7. The number of ether oxygens (including phenoxy) is 3. The van der Waals surface area contributed by atoms with Gasteiger partial charge in [-0.05, 0) is 49.2 Å². The SMILES string of the molecule is COc1ccc(Oc2ccc(CNC(=O)C(C)(C)NCOCc3ccccc3)cc2)c(Cl)c1. The molecule has 0 aromatic heterocycles. The van der Waals surface area contributed by atoms with E-state index >= 15 is 0 Å². The molecule has 0 atom stereocenters. The Morgan fingerprint density at radius 3 is 2.30 bits per heavy atom. The van der Waals surface area contributed by atoms with Gasteiger partial charge in [-0.25, -0.2) is 0 Å². The van der Waals surface area contributed by atoms with Crippen LogP contribution in [0.5, 0.6) is 17.2 Å². The molecule has 0 saturated heterocycles. The van der Waals surface area contributed by atoms with E-state index in [9.17, 15) is 4.79 Å². The van der Waals surface area contributed by atoms with Crippen molar-refractivity contribution in [1.29, 1.82) is 0 Å². The van der Waals surface area contributed by atoms with Crippen LogP contribution >= 0.6 is 11.6 Å². The molecule has 7 heteroatoms. The number of rotatable bonds is 11. The molecular formula is C26H29ClN2O4. The molecule has 0 aliphatic heterocycles. The van der Waals surface area contributed by atoms with E-state index < -0.39 is 5.54 Å². The highest BCUT2D eigenvalue weighted by molar-refractivity contribution is 6.32.